The molecule has 0 radical (unpaired) electrons. The number of nitro groups is 1. The predicted molar refractivity (Wildman–Crippen MR) is 58.2 cm³/mol. The molecular formula is C10H10N4O2. The zero-order valence-corrected chi connectivity index (χ0v) is 8.46. The quantitative estimate of drug-likeness (QED) is 0.614. The Morgan fingerprint density at radius 2 is 2.31 bits per heavy atom. The number of fused-ring (bicyclic) bond motifs is 1. The third-order valence-electron chi connectivity index (χ3n) is 2.82. The number of nitrogens with zero attached hydrogens (tertiary/aromatic N) is 3. The Kier molecular flexibility index (Phi) is 1.68. The van der Waals surface area contributed by atoms with Gasteiger partial charge < -0.3 is 15.8 Å². The van der Waals surface area contributed by atoms with Gasteiger partial charge >= 0.3 is 5.82 Å². The molecule has 1 aliphatic carbocycles. The van der Waals surface area contributed by atoms with Crippen molar-refractivity contribution in [1.29, 1.82) is 0 Å². The highest BCUT2D eigenvalue weighted by Gasteiger charge is 2.35. The normalized spacial score (nSPS) is 15.5. The molecule has 0 bridgehead atoms. The van der Waals surface area contributed by atoms with Crippen LogP contribution in [-0.4, -0.2) is 14.3 Å². The molecule has 0 amide bonds. The van der Waals surface area contributed by atoms with Crippen LogP contribution in [-0.2, 0) is 0 Å². The lowest BCUT2D eigenvalue weighted by Gasteiger charge is -1.98. The highest BCUT2D eigenvalue weighted by Crippen LogP contribution is 2.41. The number of rotatable bonds is 2. The van der Waals surface area contributed by atoms with E-state index in [1.165, 1.54) is 0 Å². The van der Waals surface area contributed by atoms with Crippen LogP contribution in [0.5, 0.6) is 0 Å². The number of imidazole rings is 1. The Labute approximate surface area is 90.9 Å². The number of nitrogens with two attached hydrogens (primary N) is 1. The van der Waals surface area contributed by atoms with Crippen molar-refractivity contribution in [3.8, 4) is 0 Å². The molecule has 82 valence electrons. The number of nitrogen functional groups attached to an aromatic ring is 1. The molecule has 0 spiro atoms. The first-order valence-electron chi connectivity index (χ1n) is 5.09. The lowest BCUT2D eigenvalue weighted by atomic mass is 10.3. The first-order valence-corrected chi connectivity index (χ1v) is 5.09. The van der Waals surface area contributed by atoms with Gasteiger partial charge in [-0.1, -0.05) is 0 Å². The van der Waals surface area contributed by atoms with Crippen molar-refractivity contribution in [2.45, 2.75) is 18.8 Å². The van der Waals surface area contributed by atoms with Gasteiger partial charge in [0.1, 0.15) is 0 Å². The number of aromatic nitrogens is 2. The smallest absolute Gasteiger partial charge is 0.391 e. The number of pyridine rings is 1. The van der Waals surface area contributed by atoms with Gasteiger partial charge in [-0.25, -0.2) is 0 Å². The van der Waals surface area contributed by atoms with Crippen molar-refractivity contribution in [3.63, 3.8) is 0 Å². The number of hydrogen-bond donors (Lipinski definition) is 1. The summed E-state index contributed by atoms with van der Waals surface area (Å²) in [4.78, 5) is 14.5. The lowest BCUT2D eigenvalue weighted by Crippen LogP contribution is -1.95. The molecule has 1 saturated carbocycles. The lowest BCUT2D eigenvalue weighted by molar-refractivity contribution is -0.387. The average Bonchev–Trinajstić information content (AvgIpc) is 2.99. The van der Waals surface area contributed by atoms with Crippen LogP contribution in [0.3, 0.4) is 0 Å². The number of hydrogen-bond acceptors (Lipinski definition) is 4. The SMILES string of the molecule is Nc1cccn2c(C3CC3)nc([N+](=O)[O-])c12. The predicted octanol–water partition coefficient (Wildman–Crippen LogP) is 1.70. The molecule has 0 saturated heterocycles. The largest absolute Gasteiger partial charge is 0.397 e. The van der Waals surface area contributed by atoms with Gasteiger partial charge in [-0.15, -0.1) is 0 Å². The molecule has 16 heavy (non-hydrogen) atoms. The van der Waals surface area contributed by atoms with Crippen LogP contribution in [0.1, 0.15) is 24.6 Å². The van der Waals surface area contributed by atoms with E-state index in [4.69, 9.17) is 5.73 Å². The zero-order chi connectivity index (χ0) is 11.3. The van der Waals surface area contributed by atoms with Crippen molar-refractivity contribution < 1.29 is 4.92 Å². The molecule has 0 atom stereocenters. The summed E-state index contributed by atoms with van der Waals surface area (Å²) in [6.07, 6.45) is 3.87. The van der Waals surface area contributed by atoms with E-state index in [-0.39, 0.29) is 5.82 Å². The van der Waals surface area contributed by atoms with Crippen molar-refractivity contribution in [3.05, 3.63) is 34.3 Å². The summed E-state index contributed by atoms with van der Waals surface area (Å²) in [5.41, 5.74) is 6.57. The molecule has 0 aliphatic heterocycles. The average molecular weight is 218 g/mol. The van der Waals surface area contributed by atoms with Crippen LogP contribution >= 0.6 is 0 Å². The van der Waals surface area contributed by atoms with Crippen LogP contribution in [0.15, 0.2) is 18.3 Å². The fourth-order valence-corrected chi connectivity index (χ4v) is 1.93. The third-order valence-corrected chi connectivity index (χ3v) is 2.82. The molecule has 6 heteroatoms. The number of anilines is 1. The molecule has 2 aromatic rings. The molecule has 2 heterocycles. The van der Waals surface area contributed by atoms with Crippen molar-refractivity contribution in [1.82, 2.24) is 9.38 Å². The third kappa shape index (κ3) is 1.16. The van der Waals surface area contributed by atoms with Crippen LogP contribution in [0.25, 0.3) is 5.52 Å². The molecule has 0 aromatic carbocycles. The Morgan fingerprint density at radius 3 is 2.94 bits per heavy atom. The first kappa shape index (κ1) is 9.14. The fraction of sp³-hybridized carbons (Fsp3) is 0.300. The fourth-order valence-electron chi connectivity index (χ4n) is 1.93. The Hall–Kier alpha value is -2.11. The van der Waals surface area contributed by atoms with E-state index in [1.54, 1.807) is 22.7 Å². The Morgan fingerprint density at radius 1 is 1.56 bits per heavy atom. The highest BCUT2D eigenvalue weighted by atomic mass is 16.6. The minimum absolute atomic E-state index is 0.139. The maximum atomic E-state index is 10.9. The molecule has 1 aliphatic rings. The van der Waals surface area contributed by atoms with Crippen molar-refractivity contribution >= 4 is 17.0 Å². The van der Waals surface area contributed by atoms with Gasteiger partial charge in [-0.2, -0.15) is 0 Å². The summed E-state index contributed by atoms with van der Waals surface area (Å²) < 4.78 is 1.74. The van der Waals surface area contributed by atoms with Crippen molar-refractivity contribution in [2.75, 3.05) is 5.73 Å². The molecule has 0 unspecified atom stereocenters. The Balaban J connectivity index is 2.37. The summed E-state index contributed by atoms with van der Waals surface area (Å²) in [5.74, 6) is 0.969. The van der Waals surface area contributed by atoms with Gasteiger partial charge in [0, 0.05) is 12.1 Å². The van der Waals surface area contributed by atoms with Gasteiger partial charge in [0.2, 0.25) is 5.82 Å². The highest BCUT2D eigenvalue weighted by molar-refractivity contribution is 5.78. The molecular weight excluding hydrogens is 208 g/mol. The maximum Gasteiger partial charge on any atom is 0.391 e. The van der Waals surface area contributed by atoms with E-state index in [2.05, 4.69) is 4.98 Å². The van der Waals surface area contributed by atoms with Crippen LogP contribution in [0.4, 0.5) is 11.5 Å². The van der Waals surface area contributed by atoms with Crippen LogP contribution < -0.4 is 5.73 Å². The summed E-state index contributed by atoms with van der Waals surface area (Å²) >= 11 is 0. The standard InChI is InChI=1S/C10H10N4O2/c11-7-2-1-5-13-8(7)10(14(15)16)12-9(13)6-3-4-6/h1-2,5-6H,3-4,11H2. The van der Waals surface area contributed by atoms with Crippen molar-refractivity contribution in [2.24, 2.45) is 0 Å². The first-order chi connectivity index (χ1) is 7.68. The molecule has 3 rings (SSSR count). The molecule has 1 fully saturated rings. The van der Waals surface area contributed by atoms with Gasteiger partial charge in [-0.05, 0) is 34.9 Å². The second kappa shape index (κ2) is 2.94. The van der Waals surface area contributed by atoms with E-state index >= 15 is 0 Å². The van der Waals surface area contributed by atoms with E-state index in [0.29, 0.717) is 17.1 Å². The van der Waals surface area contributed by atoms with Gasteiger partial charge in [0.05, 0.1) is 5.69 Å². The summed E-state index contributed by atoms with van der Waals surface area (Å²) in [6.45, 7) is 0. The van der Waals surface area contributed by atoms with E-state index in [9.17, 15) is 10.1 Å². The van der Waals surface area contributed by atoms with Gasteiger partial charge in [0.25, 0.3) is 0 Å². The summed E-state index contributed by atoms with van der Waals surface area (Å²) in [6, 6.07) is 3.43. The minimum atomic E-state index is -0.475. The van der Waals surface area contributed by atoms with E-state index in [1.807, 2.05) is 0 Å². The summed E-state index contributed by atoms with van der Waals surface area (Å²) in [7, 11) is 0. The second-order valence-corrected chi connectivity index (χ2v) is 4.01. The van der Waals surface area contributed by atoms with Gasteiger partial charge in [-0.3, -0.25) is 4.40 Å². The van der Waals surface area contributed by atoms with Gasteiger partial charge in [0.15, 0.2) is 5.52 Å². The monoisotopic (exact) mass is 218 g/mol. The zero-order valence-electron chi connectivity index (χ0n) is 8.46. The van der Waals surface area contributed by atoms with E-state index < -0.39 is 4.92 Å². The minimum Gasteiger partial charge on any atom is -0.397 e. The maximum absolute atomic E-state index is 10.9. The topological polar surface area (TPSA) is 86.5 Å². The molecule has 2 aromatic heterocycles. The summed E-state index contributed by atoms with van der Waals surface area (Å²) in [5, 5.41) is 10.9. The second-order valence-electron chi connectivity index (χ2n) is 4.01. The Bertz CT molecular complexity index is 586. The van der Waals surface area contributed by atoms with Crippen LogP contribution in [0, 0.1) is 10.1 Å². The van der Waals surface area contributed by atoms with E-state index in [0.717, 1.165) is 18.7 Å². The molecule has 2 N–H and O–H groups in total. The molecule has 6 nitrogen and oxygen atoms in total. The van der Waals surface area contributed by atoms with Crippen LogP contribution in [0.2, 0.25) is 0 Å².